The summed E-state index contributed by atoms with van der Waals surface area (Å²) in [7, 11) is 0. The third kappa shape index (κ3) is 5.03. The van der Waals surface area contributed by atoms with Crippen molar-refractivity contribution in [3.05, 3.63) is 108 Å². The number of halogens is 1. The maximum atomic E-state index is 12.7. The first kappa shape index (κ1) is 23.4. The summed E-state index contributed by atoms with van der Waals surface area (Å²) in [5, 5.41) is 0.578. The molecule has 1 amide bonds. The van der Waals surface area contributed by atoms with Gasteiger partial charge in [0.25, 0.3) is 11.5 Å². The molecule has 6 nitrogen and oxygen atoms in total. The lowest BCUT2D eigenvalue weighted by Crippen LogP contribution is -2.30. The Hall–Kier alpha value is -3.38. The topological polar surface area (TPSA) is 86.0 Å². The van der Waals surface area contributed by atoms with Crippen molar-refractivity contribution in [2.75, 3.05) is 13.1 Å². The molecule has 1 aliphatic heterocycles. The number of hydrogen-bond acceptors (Lipinski definition) is 3. The normalized spacial score (nSPS) is 17.9. The molecule has 1 fully saturated rings. The van der Waals surface area contributed by atoms with Crippen LogP contribution in [-0.4, -0.2) is 33.9 Å². The highest BCUT2D eigenvalue weighted by Crippen LogP contribution is 2.38. The van der Waals surface area contributed by atoms with E-state index in [0.717, 1.165) is 61.2 Å². The molecular weight excluding hydrogens is 462 g/mol. The van der Waals surface area contributed by atoms with Crippen molar-refractivity contribution in [3.63, 3.8) is 0 Å². The van der Waals surface area contributed by atoms with Gasteiger partial charge in [-0.05, 0) is 60.9 Å². The van der Waals surface area contributed by atoms with Crippen molar-refractivity contribution in [3.8, 4) is 0 Å². The molecule has 35 heavy (non-hydrogen) atoms. The van der Waals surface area contributed by atoms with E-state index in [2.05, 4.69) is 16.0 Å². The molecule has 0 spiro atoms. The Kier molecular flexibility index (Phi) is 6.73. The van der Waals surface area contributed by atoms with Crippen LogP contribution in [0.5, 0.6) is 0 Å². The lowest BCUT2D eigenvalue weighted by molar-refractivity contribution is 0.0793. The van der Waals surface area contributed by atoms with Crippen molar-refractivity contribution < 1.29 is 4.79 Å². The minimum atomic E-state index is -0.474. The number of carbonyl (C=O) groups excluding carboxylic acids is 1. The van der Waals surface area contributed by atoms with Gasteiger partial charge in [-0.2, -0.15) is 0 Å². The van der Waals surface area contributed by atoms with Gasteiger partial charge in [0.05, 0.1) is 0 Å². The highest BCUT2D eigenvalue weighted by molar-refractivity contribution is 6.32. The average molecular weight is 490 g/mol. The van der Waals surface area contributed by atoms with Gasteiger partial charge in [0.1, 0.15) is 0 Å². The molecule has 2 N–H and O–H groups in total. The van der Waals surface area contributed by atoms with E-state index in [0.29, 0.717) is 29.0 Å². The summed E-state index contributed by atoms with van der Waals surface area (Å²) in [6, 6.07) is 15.4. The second kappa shape index (κ2) is 10.1. The van der Waals surface area contributed by atoms with Crippen LogP contribution >= 0.6 is 11.6 Å². The maximum Gasteiger partial charge on any atom is 0.325 e. The third-order valence-electron chi connectivity index (χ3n) is 7.07. The Morgan fingerprint density at radius 1 is 1.03 bits per heavy atom. The van der Waals surface area contributed by atoms with Crippen LogP contribution in [-0.2, 0) is 6.42 Å². The van der Waals surface area contributed by atoms with Gasteiger partial charge < -0.3 is 9.88 Å². The van der Waals surface area contributed by atoms with Crippen molar-refractivity contribution in [1.29, 1.82) is 0 Å². The number of H-pyrrole nitrogens is 2. The van der Waals surface area contributed by atoms with Crippen LogP contribution in [0.2, 0.25) is 5.02 Å². The van der Waals surface area contributed by atoms with Gasteiger partial charge in [0.2, 0.25) is 0 Å². The monoisotopic (exact) mass is 489 g/mol. The van der Waals surface area contributed by atoms with Crippen molar-refractivity contribution >= 4 is 23.1 Å². The van der Waals surface area contributed by atoms with Crippen LogP contribution in [0.4, 0.5) is 0 Å². The smallest absolute Gasteiger partial charge is 0.325 e. The molecule has 2 aromatic carbocycles. The maximum absolute atomic E-state index is 12.7. The second-order valence-electron chi connectivity index (χ2n) is 9.36. The number of carbonyl (C=O) groups is 1. The van der Waals surface area contributed by atoms with Crippen LogP contribution in [0.25, 0.3) is 5.57 Å². The predicted molar refractivity (Wildman–Crippen MR) is 138 cm³/mol. The van der Waals surface area contributed by atoms with Gasteiger partial charge in [0.15, 0.2) is 0 Å². The molecule has 1 atom stereocenters. The van der Waals surface area contributed by atoms with Gasteiger partial charge in [-0.3, -0.25) is 14.6 Å². The lowest BCUT2D eigenvalue weighted by atomic mass is 9.82. The number of likely N-dealkylation sites (tertiary alicyclic amines) is 1. The first-order valence-electron chi connectivity index (χ1n) is 12.2. The number of allylic oxidation sites excluding steroid dienone is 2. The highest BCUT2D eigenvalue weighted by atomic mass is 35.5. The Morgan fingerprint density at radius 3 is 2.49 bits per heavy atom. The van der Waals surface area contributed by atoms with Crippen LogP contribution in [0.3, 0.4) is 0 Å². The number of rotatable bonds is 5. The number of hydrogen-bond donors (Lipinski definition) is 2. The molecule has 1 saturated heterocycles. The molecule has 1 aliphatic carbocycles. The third-order valence-corrected chi connectivity index (χ3v) is 7.39. The van der Waals surface area contributed by atoms with E-state index in [1.807, 2.05) is 47.4 Å². The largest absolute Gasteiger partial charge is 0.339 e. The minimum absolute atomic E-state index is 0.0397. The summed E-state index contributed by atoms with van der Waals surface area (Å²) in [5.74, 6) is 0.0834. The Bertz CT molecular complexity index is 1380. The van der Waals surface area contributed by atoms with Crippen LogP contribution < -0.4 is 11.2 Å². The van der Waals surface area contributed by atoms with Gasteiger partial charge >= 0.3 is 5.69 Å². The summed E-state index contributed by atoms with van der Waals surface area (Å²) >= 11 is 6.62. The number of amides is 1. The molecule has 2 heterocycles. The fourth-order valence-corrected chi connectivity index (χ4v) is 5.51. The van der Waals surface area contributed by atoms with Crippen molar-refractivity contribution in [1.82, 2.24) is 14.9 Å². The standard InChI is InChI=1S/C28H28ClN3O3/c29-24-17-21(27(34)32-14-4-5-15-32)12-13-22(24)19-8-10-20(11-9-19)25-23(26(33)31-28(35)30-25)16-18-6-2-1-3-7-18/h1-3,6-8,12-13,17,20H,4-5,9-11,14-16H2,(H2,30,31,33,35). The molecule has 180 valence electrons. The summed E-state index contributed by atoms with van der Waals surface area (Å²) in [6.45, 7) is 1.61. The SMILES string of the molecule is O=C(c1ccc(C2=CCC(c3[nH]c(=O)[nH]c(=O)c3Cc3ccccc3)CC2)c(Cl)c1)N1CCCC1. The van der Waals surface area contributed by atoms with Crippen molar-refractivity contribution in [2.45, 2.75) is 44.4 Å². The number of benzene rings is 2. The van der Waals surface area contributed by atoms with E-state index < -0.39 is 5.69 Å². The van der Waals surface area contributed by atoms with E-state index in [9.17, 15) is 14.4 Å². The van der Waals surface area contributed by atoms with Gasteiger partial charge in [-0.15, -0.1) is 0 Å². The Morgan fingerprint density at radius 2 is 1.80 bits per heavy atom. The van der Waals surface area contributed by atoms with Crippen LogP contribution in [0.1, 0.15) is 70.8 Å². The van der Waals surface area contributed by atoms with E-state index in [1.165, 1.54) is 0 Å². The molecule has 3 aromatic rings. The van der Waals surface area contributed by atoms with Crippen molar-refractivity contribution in [2.24, 2.45) is 0 Å². The molecule has 0 saturated carbocycles. The Labute approximate surface area is 208 Å². The van der Waals surface area contributed by atoms with E-state index in [-0.39, 0.29) is 17.4 Å². The summed E-state index contributed by atoms with van der Waals surface area (Å²) in [6.07, 6.45) is 6.97. The molecule has 1 unspecified atom stereocenters. The molecule has 1 aromatic heterocycles. The first-order chi connectivity index (χ1) is 17.0. The summed E-state index contributed by atoms with van der Waals surface area (Å²) in [5.41, 5.74) is 4.24. The molecule has 5 rings (SSSR count). The predicted octanol–water partition coefficient (Wildman–Crippen LogP) is 4.89. The molecular formula is C28H28ClN3O3. The van der Waals surface area contributed by atoms with Crippen LogP contribution in [0, 0.1) is 0 Å². The Balaban J connectivity index is 1.37. The number of nitrogens with zero attached hydrogens (tertiary/aromatic N) is 1. The highest BCUT2D eigenvalue weighted by Gasteiger charge is 2.24. The summed E-state index contributed by atoms with van der Waals surface area (Å²) < 4.78 is 0. The van der Waals surface area contributed by atoms with Crippen LogP contribution in [0.15, 0.2) is 64.2 Å². The fraction of sp³-hybridized carbons (Fsp3) is 0.321. The average Bonchev–Trinajstić information content (AvgIpc) is 3.41. The minimum Gasteiger partial charge on any atom is -0.339 e. The zero-order chi connectivity index (χ0) is 24.4. The molecule has 2 aliphatic rings. The summed E-state index contributed by atoms with van der Waals surface area (Å²) in [4.78, 5) is 44.7. The zero-order valence-electron chi connectivity index (χ0n) is 19.5. The lowest BCUT2D eigenvalue weighted by Gasteiger charge is -2.24. The quantitative estimate of drug-likeness (QED) is 0.534. The second-order valence-corrected chi connectivity index (χ2v) is 9.76. The van der Waals surface area contributed by atoms with E-state index >= 15 is 0 Å². The van der Waals surface area contributed by atoms with Gasteiger partial charge in [-0.25, -0.2) is 4.79 Å². The zero-order valence-corrected chi connectivity index (χ0v) is 20.2. The number of nitrogens with one attached hydrogen (secondary N) is 2. The van der Waals surface area contributed by atoms with E-state index in [1.54, 1.807) is 6.07 Å². The van der Waals surface area contributed by atoms with E-state index in [4.69, 9.17) is 11.6 Å². The first-order valence-corrected chi connectivity index (χ1v) is 12.5. The molecule has 7 heteroatoms. The number of aromatic nitrogens is 2. The molecule has 0 radical (unpaired) electrons. The fourth-order valence-electron chi connectivity index (χ4n) is 5.21. The van der Waals surface area contributed by atoms with Gasteiger partial charge in [-0.1, -0.05) is 54.1 Å². The number of aromatic amines is 2. The van der Waals surface area contributed by atoms with Gasteiger partial charge in [0, 0.05) is 47.3 Å². The molecule has 0 bridgehead atoms.